The standard InChI is InChI=1S/C8H17IN2/c1-7-3-4-11(6-9)5-8(7)10-2/h7-8,10H,3-6H2,1-2H3/t7-,8?/m1/s1. The van der Waals surface area contributed by atoms with Crippen LogP contribution in [-0.2, 0) is 0 Å². The SMILES string of the molecule is CNC1CN(CI)CC[C@H]1C. The lowest BCUT2D eigenvalue weighted by molar-refractivity contribution is 0.179. The molecule has 0 bridgehead atoms. The van der Waals surface area contributed by atoms with Crippen molar-refractivity contribution >= 4 is 22.6 Å². The van der Waals surface area contributed by atoms with Gasteiger partial charge in [-0.1, -0.05) is 29.5 Å². The van der Waals surface area contributed by atoms with E-state index in [0.717, 1.165) is 5.92 Å². The molecule has 1 aliphatic rings. The van der Waals surface area contributed by atoms with E-state index in [1.807, 2.05) is 0 Å². The number of alkyl halides is 1. The summed E-state index contributed by atoms with van der Waals surface area (Å²) in [5, 5.41) is 3.37. The lowest BCUT2D eigenvalue weighted by Gasteiger charge is -2.35. The molecule has 1 N–H and O–H groups in total. The fourth-order valence-electron chi connectivity index (χ4n) is 1.62. The fraction of sp³-hybridized carbons (Fsp3) is 1.00. The molecule has 1 heterocycles. The zero-order valence-corrected chi connectivity index (χ0v) is 9.47. The minimum absolute atomic E-state index is 0.707. The van der Waals surface area contributed by atoms with Gasteiger partial charge in [-0.2, -0.15) is 0 Å². The Bertz CT molecular complexity index is 119. The van der Waals surface area contributed by atoms with Crippen molar-refractivity contribution in [2.45, 2.75) is 19.4 Å². The largest absolute Gasteiger partial charge is 0.315 e. The summed E-state index contributed by atoms with van der Waals surface area (Å²) in [6.07, 6.45) is 1.34. The van der Waals surface area contributed by atoms with Crippen molar-refractivity contribution in [1.82, 2.24) is 10.2 Å². The lowest BCUT2D eigenvalue weighted by Crippen LogP contribution is -2.48. The van der Waals surface area contributed by atoms with Crippen LogP contribution in [-0.4, -0.2) is 35.6 Å². The predicted molar refractivity (Wildman–Crippen MR) is 57.1 cm³/mol. The van der Waals surface area contributed by atoms with Gasteiger partial charge in [-0.3, -0.25) is 4.90 Å². The molecule has 1 saturated heterocycles. The van der Waals surface area contributed by atoms with Crippen LogP contribution in [0, 0.1) is 5.92 Å². The smallest absolute Gasteiger partial charge is 0.0506 e. The molecule has 0 aromatic rings. The number of piperidine rings is 1. The molecule has 0 radical (unpaired) electrons. The summed E-state index contributed by atoms with van der Waals surface area (Å²) in [5.41, 5.74) is 0. The number of likely N-dealkylation sites (N-methyl/N-ethyl adjacent to an activating group) is 1. The second kappa shape index (κ2) is 4.62. The summed E-state index contributed by atoms with van der Waals surface area (Å²) < 4.78 is 1.17. The molecule has 66 valence electrons. The van der Waals surface area contributed by atoms with E-state index in [0.29, 0.717) is 6.04 Å². The maximum absolute atomic E-state index is 3.37. The van der Waals surface area contributed by atoms with Crippen LogP contribution in [0.1, 0.15) is 13.3 Å². The quantitative estimate of drug-likeness (QED) is 0.461. The van der Waals surface area contributed by atoms with E-state index in [2.05, 4.69) is 46.8 Å². The number of hydrogen-bond acceptors (Lipinski definition) is 2. The van der Waals surface area contributed by atoms with Gasteiger partial charge in [-0.15, -0.1) is 0 Å². The van der Waals surface area contributed by atoms with E-state index in [1.165, 1.54) is 24.1 Å². The molecule has 2 nitrogen and oxygen atoms in total. The van der Waals surface area contributed by atoms with Crippen LogP contribution in [0.25, 0.3) is 0 Å². The van der Waals surface area contributed by atoms with Crippen molar-refractivity contribution in [3.63, 3.8) is 0 Å². The molecule has 1 unspecified atom stereocenters. The number of nitrogens with one attached hydrogen (secondary N) is 1. The van der Waals surface area contributed by atoms with E-state index in [9.17, 15) is 0 Å². The van der Waals surface area contributed by atoms with Gasteiger partial charge in [0.2, 0.25) is 0 Å². The van der Waals surface area contributed by atoms with E-state index in [4.69, 9.17) is 0 Å². The molecule has 1 rings (SSSR count). The van der Waals surface area contributed by atoms with Crippen LogP contribution >= 0.6 is 22.6 Å². The first-order valence-corrected chi connectivity index (χ1v) is 5.76. The molecule has 11 heavy (non-hydrogen) atoms. The van der Waals surface area contributed by atoms with Crippen molar-refractivity contribution in [2.75, 3.05) is 24.7 Å². The maximum Gasteiger partial charge on any atom is 0.0506 e. The molecule has 1 fully saturated rings. The second-order valence-electron chi connectivity index (χ2n) is 3.36. The Morgan fingerprint density at radius 1 is 1.64 bits per heavy atom. The van der Waals surface area contributed by atoms with Gasteiger partial charge >= 0.3 is 0 Å². The summed E-state index contributed by atoms with van der Waals surface area (Å²) in [6.45, 7) is 4.84. The molecule has 0 saturated carbocycles. The first kappa shape index (κ1) is 9.74. The molecule has 1 aliphatic heterocycles. The minimum Gasteiger partial charge on any atom is -0.315 e. The first-order chi connectivity index (χ1) is 5.27. The minimum atomic E-state index is 0.707. The van der Waals surface area contributed by atoms with Crippen LogP contribution in [0.5, 0.6) is 0 Å². The Hall–Kier alpha value is 0.650. The molecule has 3 heteroatoms. The summed E-state index contributed by atoms with van der Waals surface area (Å²) in [6, 6.07) is 0.707. The van der Waals surface area contributed by atoms with Crippen molar-refractivity contribution in [2.24, 2.45) is 5.92 Å². The Kier molecular flexibility index (Phi) is 4.09. The summed E-state index contributed by atoms with van der Waals surface area (Å²) in [7, 11) is 2.07. The van der Waals surface area contributed by atoms with Gasteiger partial charge in [0.05, 0.1) is 4.55 Å². The number of nitrogens with zero attached hydrogens (tertiary/aromatic N) is 1. The van der Waals surface area contributed by atoms with Crippen LogP contribution in [0.2, 0.25) is 0 Å². The monoisotopic (exact) mass is 268 g/mol. The fourth-order valence-corrected chi connectivity index (χ4v) is 2.24. The second-order valence-corrected chi connectivity index (χ2v) is 4.04. The summed E-state index contributed by atoms with van der Waals surface area (Å²) >= 11 is 2.44. The summed E-state index contributed by atoms with van der Waals surface area (Å²) in [5.74, 6) is 0.846. The zero-order chi connectivity index (χ0) is 8.27. The number of rotatable bonds is 2. The van der Waals surface area contributed by atoms with E-state index in [1.54, 1.807) is 0 Å². The van der Waals surface area contributed by atoms with Crippen molar-refractivity contribution in [3.05, 3.63) is 0 Å². The molecular formula is C8H17IN2. The normalized spacial score (nSPS) is 34.1. The number of likely N-dealkylation sites (tertiary alicyclic amines) is 1. The third-order valence-electron chi connectivity index (χ3n) is 2.58. The first-order valence-electron chi connectivity index (χ1n) is 4.23. The average molecular weight is 268 g/mol. The van der Waals surface area contributed by atoms with Gasteiger partial charge in [0.15, 0.2) is 0 Å². The average Bonchev–Trinajstić information content (AvgIpc) is 2.05. The summed E-state index contributed by atoms with van der Waals surface area (Å²) in [4.78, 5) is 2.50. The third-order valence-corrected chi connectivity index (χ3v) is 3.55. The molecule has 0 aromatic carbocycles. The van der Waals surface area contributed by atoms with E-state index >= 15 is 0 Å². The predicted octanol–water partition coefficient (Wildman–Crippen LogP) is 1.31. The Labute approximate surface area is 82.9 Å². The van der Waals surface area contributed by atoms with Crippen molar-refractivity contribution in [1.29, 1.82) is 0 Å². The van der Waals surface area contributed by atoms with Gasteiger partial charge in [-0.05, 0) is 25.9 Å². The molecular weight excluding hydrogens is 251 g/mol. The van der Waals surface area contributed by atoms with Crippen LogP contribution < -0.4 is 5.32 Å². The van der Waals surface area contributed by atoms with Crippen molar-refractivity contribution in [3.8, 4) is 0 Å². The topological polar surface area (TPSA) is 15.3 Å². The Morgan fingerprint density at radius 2 is 2.36 bits per heavy atom. The molecule has 0 spiro atoms. The van der Waals surface area contributed by atoms with E-state index in [-0.39, 0.29) is 0 Å². The Balaban J connectivity index is 2.37. The van der Waals surface area contributed by atoms with Gasteiger partial charge in [0, 0.05) is 12.6 Å². The Morgan fingerprint density at radius 3 is 2.91 bits per heavy atom. The van der Waals surface area contributed by atoms with Gasteiger partial charge in [0.25, 0.3) is 0 Å². The molecule has 0 amide bonds. The van der Waals surface area contributed by atoms with Crippen LogP contribution in [0.3, 0.4) is 0 Å². The highest BCUT2D eigenvalue weighted by Gasteiger charge is 2.23. The maximum atomic E-state index is 3.37. The molecule has 0 aromatic heterocycles. The zero-order valence-electron chi connectivity index (χ0n) is 7.31. The highest BCUT2D eigenvalue weighted by atomic mass is 127. The van der Waals surface area contributed by atoms with Gasteiger partial charge in [0.1, 0.15) is 0 Å². The number of halogens is 1. The molecule has 0 aliphatic carbocycles. The van der Waals surface area contributed by atoms with Crippen LogP contribution in [0.15, 0.2) is 0 Å². The van der Waals surface area contributed by atoms with E-state index < -0.39 is 0 Å². The van der Waals surface area contributed by atoms with Gasteiger partial charge < -0.3 is 5.32 Å². The lowest BCUT2D eigenvalue weighted by atomic mass is 9.94. The highest BCUT2D eigenvalue weighted by Crippen LogP contribution is 2.17. The third kappa shape index (κ3) is 2.56. The highest BCUT2D eigenvalue weighted by molar-refractivity contribution is 14.1. The van der Waals surface area contributed by atoms with Crippen molar-refractivity contribution < 1.29 is 0 Å². The van der Waals surface area contributed by atoms with Crippen LogP contribution in [0.4, 0.5) is 0 Å². The molecule has 2 atom stereocenters. The van der Waals surface area contributed by atoms with Gasteiger partial charge in [-0.25, -0.2) is 0 Å². The number of hydrogen-bond donors (Lipinski definition) is 1.